The molecule has 2 aliphatic heterocycles. The molecule has 4 aliphatic rings. The average Bonchev–Trinajstić information content (AvgIpc) is 4.02. The second-order valence-corrected chi connectivity index (χ2v) is 21.2. The van der Waals surface area contributed by atoms with E-state index in [1.54, 1.807) is 0 Å². The molecule has 2 unspecified atom stereocenters. The first-order valence-electron chi connectivity index (χ1n) is 19.8. The summed E-state index contributed by atoms with van der Waals surface area (Å²) in [6.45, 7) is 10.5. The second kappa shape index (κ2) is 19.3. The van der Waals surface area contributed by atoms with Gasteiger partial charge in [0, 0.05) is 22.4 Å². The van der Waals surface area contributed by atoms with Crippen molar-refractivity contribution in [2.75, 3.05) is 13.2 Å². The zero-order valence-corrected chi connectivity index (χ0v) is 36.0. The van der Waals surface area contributed by atoms with Crippen molar-refractivity contribution in [3.05, 3.63) is 121 Å². The first-order valence-corrected chi connectivity index (χ1v) is 23.0. The molecule has 0 bridgehead atoms. The number of rotatable bonds is 10. The molecule has 2 fully saturated rings. The Balaban J connectivity index is 0.000000178. The van der Waals surface area contributed by atoms with Crippen LogP contribution in [-0.2, 0) is 31.9 Å². The fourth-order valence-corrected chi connectivity index (χ4v) is 15.8. The zero-order chi connectivity index (χ0) is 35.9. The van der Waals surface area contributed by atoms with Gasteiger partial charge in [0.2, 0.25) is 0 Å². The summed E-state index contributed by atoms with van der Waals surface area (Å²) in [4.78, 5) is 10.0. The van der Waals surface area contributed by atoms with Gasteiger partial charge >= 0.3 is 0 Å². The van der Waals surface area contributed by atoms with Crippen LogP contribution in [-0.4, -0.2) is 48.4 Å². The van der Waals surface area contributed by atoms with E-state index in [2.05, 4.69) is 149 Å². The van der Waals surface area contributed by atoms with E-state index >= 15 is 0 Å². The van der Waals surface area contributed by atoms with Crippen LogP contribution in [0.5, 0.6) is 0 Å². The maximum atomic E-state index is 6.13. The molecular weight excluding hydrogens is 871 g/mol. The Bertz CT molecular complexity index is 1550. The number of ether oxygens (including phenoxy) is 2. The van der Waals surface area contributed by atoms with Gasteiger partial charge in [-0.25, -0.2) is 9.98 Å². The molecule has 2 heterocycles. The van der Waals surface area contributed by atoms with Gasteiger partial charge in [0.25, 0.3) is 0 Å². The smallest absolute Gasteiger partial charge is 0.190 e. The molecule has 1 radical (unpaired) electrons. The van der Waals surface area contributed by atoms with Crippen LogP contribution < -0.4 is 21.2 Å². The Hall–Kier alpha value is -2.58. The number of hydrogen-bond donors (Lipinski definition) is 0. The van der Waals surface area contributed by atoms with E-state index in [-0.39, 0.29) is 22.4 Å². The van der Waals surface area contributed by atoms with Crippen molar-refractivity contribution in [2.24, 2.45) is 33.7 Å². The largest absolute Gasteiger partial charge is 0.478 e. The van der Waals surface area contributed by atoms with E-state index in [4.69, 9.17) is 19.5 Å². The van der Waals surface area contributed by atoms with E-state index in [1.165, 1.54) is 59.7 Å². The maximum absolute atomic E-state index is 6.13. The predicted octanol–water partition coefficient (Wildman–Crippen LogP) is 8.94. The van der Waals surface area contributed by atoms with Crippen molar-refractivity contribution in [2.45, 2.75) is 89.6 Å². The molecule has 0 saturated heterocycles. The number of hydrogen-bond acceptors (Lipinski definition) is 4. The standard InChI is InChI=1S/2C23H28NOP.Au/c2*1-17(2)21-16-25-23(24-21)20-14-9-15-22(20)26(18-10-5-3-6-11-18)19-12-7-4-8-13-19;/h2*3-8,10-13,17,20-22H,9,14-16H2,1-2H3;/p+2/t2*20?,21-,22+;/m10./s1. The van der Waals surface area contributed by atoms with Crippen molar-refractivity contribution in [1.82, 2.24) is 0 Å². The molecule has 4 aromatic rings. The molecule has 53 heavy (non-hydrogen) atoms. The summed E-state index contributed by atoms with van der Waals surface area (Å²) in [6.07, 6.45) is 7.61. The Labute approximate surface area is 336 Å². The fourth-order valence-electron chi connectivity index (χ4n) is 8.77. The van der Waals surface area contributed by atoms with Crippen LogP contribution in [0.25, 0.3) is 0 Å². The zero-order valence-electron chi connectivity index (χ0n) is 31.8. The molecule has 0 spiro atoms. The molecule has 4 nitrogen and oxygen atoms in total. The van der Waals surface area contributed by atoms with E-state index in [0.717, 1.165) is 25.0 Å². The monoisotopic (exact) mass is 929 g/mol. The third-order valence-corrected chi connectivity index (χ3v) is 18.4. The van der Waals surface area contributed by atoms with E-state index in [1.807, 2.05) is 0 Å². The van der Waals surface area contributed by atoms with Gasteiger partial charge in [0.05, 0.1) is 72.3 Å². The van der Waals surface area contributed by atoms with Crippen molar-refractivity contribution in [1.29, 1.82) is 0 Å². The Morgan fingerprint density at radius 1 is 0.472 bits per heavy atom. The average molecular weight is 930 g/mol. The quantitative estimate of drug-likeness (QED) is 0.118. The normalized spacial score (nSPS) is 25.1. The van der Waals surface area contributed by atoms with Crippen molar-refractivity contribution < 1.29 is 31.9 Å². The minimum absolute atomic E-state index is 0. The topological polar surface area (TPSA) is 43.2 Å². The van der Waals surface area contributed by atoms with Crippen LogP contribution in [0.1, 0.15) is 66.2 Å². The van der Waals surface area contributed by atoms with Crippen molar-refractivity contribution >= 4 is 48.9 Å². The number of benzene rings is 4. The molecule has 7 heteroatoms. The second-order valence-electron chi connectivity index (χ2n) is 15.8. The summed E-state index contributed by atoms with van der Waals surface area (Å²) in [5, 5.41) is 6.05. The molecule has 0 aromatic heterocycles. The fraction of sp³-hybridized carbons (Fsp3) is 0.435. The molecule has 2 aliphatic carbocycles. The first kappa shape index (κ1) is 40.1. The van der Waals surface area contributed by atoms with Crippen molar-refractivity contribution in [3.8, 4) is 0 Å². The summed E-state index contributed by atoms with van der Waals surface area (Å²) in [6, 6.07) is 45.3. The van der Waals surface area contributed by atoms with Crippen LogP contribution in [0.2, 0.25) is 0 Å². The summed E-state index contributed by atoms with van der Waals surface area (Å²) >= 11 is 0. The van der Waals surface area contributed by atoms with Gasteiger partial charge in [0.15, 0.2) is 11.8 Å². The van der Waals surface area contributed by atoms with Gasteiger partial charge in [-0.1, -0.05) is 100 Å². The van der Waals surface area contributed by atoms with Gasteiger partial charge in [-0.05, 0) is 98.9 Å². The third kappa shape index (κ3) is 9.63. The minimum atomic E-state index is -0.860. The van der Waals surface area contributed by atoms with Crippen LogP contribution in [0.15, 0.2) is 131 Å². The summed E-state index contributed by atoms with van der Waals surface area (Å²) < 4.78 is 12.3. The molecule has 4 aromatic carbocycles. The molecule has 2 saturated carbocycles. The number of aliphatic imine (C=N–C) groups is 2. The Morgan fingerprint density at radius 2 is 0.774 bits per heavy atom. The number of nitrogens with zero attached hydrogens (tertiary/aromatic N) is 2. The van der Waals surface area contributed by atoms with Gasteiger partial charge in [-0.3, -0.25) is 0 Å². The van der Waals surface area contributed by atoms with E-state index < -0.39 is 15.8 Å². The van der Waals surface area contributed by atoms with Crippen LogP contribution in [0.4, 0.5) is 0 Å². The molecule has 8 rings (SSSR count). The summed E-state index contributed by atoms with van der Waals surface area (Å²) in [7, 11) is -1.72. The van der Waals surface area contributed by atoms with Crippen LogP contribution in [0.3, 0.4) is 0 Å². The Kier molecular flexibility index (Phi) is 14.6. The predicted molar refractivity (Wildman–Crippen MR) is 227 cm³/mol. The first-order chi connectivity index (χ1) is 25.5. The molecule has 0 N–H and O–H groups in total. The van der Waals surface area contributed by atoms with Gasteiger partial charge in [-0.2, -0.15) is 0 Å². The SMILES string of the molecule is CC(C)[C@@H]1COC(C2CCC[C@H]2[PH+](c2ccccc2)c2ccccc2)=N1.CC(C)[C@H]1COC(C2CCC[C@@H]2[PH+](c2ccccc2)c2ccccc2)=N1.[Au]. The van der Waals surface area contributed by atoms with Crippen LogP contribution in [0, 0.1) is 23.7 Å². The van der Waals surface area contributed by atoms with Gasteiger partial charge < -0.3 is 9.47 Å². The molecule has 0 amide bonds. The summed E-state index contributed by atoms with van der Waals surface area (Å²) in [5.41, 5.74) is 1.32. The summed E-state index contributed by atoms with van der Waals surface area (Å²) in [5.74, 6) is 4.21. The third-order valence-electron chi connectivity index (χ3n) is 11.7. The van der Waals surface area contributed by atoms with Crippen molar-refractivity contribution in [3.63, 3.8) is 0 Å². The molecular formula is C46H58AuN2O2P2+2. The molecule has 283 valence electrons. The van der Waals surface area contributed by atoms with E-state index in [0.29, 0.717) is 47.1 Å². The Morgan fingerprint density at radius 3 is 1.04 bits per heavy atom. The van der Waals surface area contributed by atoms with Gasteiger partial charge in [0.1, 0.15) is 13.2 Å². The van der Waals surface area contributed by atoms with Gasteiger partial charge in [-0.15, -0.1) is 0 Å². The van der Waals surface area contributed by atoms with Crippen LogP contribution >= 0.6 is 15.8 Å². The maximum Gasteiger partial charge on any atom is 0.190 e. The van der Waals surface area contributed by atoms with E-state index in [9.17, 15) is 0 Å². The molecule has 6 atom stereocenters. The minimum Gasteiger partial charge on any atom is -0.478 e.